The van der Waals surface area contributed by atoms with Gasteiger partial charge in [-0.2, -0.15) is 0 Å². The van der Waals surface area contributed by atoms with E-state index in [0.29, 0.717) is 12.3 Å². The quantitative estimate of drug-likeness (QED) is 0.749. The molecule has 3 N–H and O–H groups in total. The van der Waals surface area contributed by atoms with Crippen LogP contribution in [0.25, 0.3) is 0 Å². The summed E-state index contributed by atoms with van der Waals surface area (Å²) in [6.45, 7) is 9.78. The monoisotopic (exact) mass is 324 g/mol. The lowest BCUT2D eigenvalue weighted by atomic mass is 10.1. The molecule has 6 heteroatoms. The number of carbonyl (C=O) groups excluding carboxylic acids is 1. The molecule has 0 aromatic heterocycles. The highest BCUT2D eigenvalue weighted by molar-refractivity contribution is 5.67. The summed E-state index contributed by atoms with van der Waals surface area (Å²) in [5, 5.41) is 16.0. The van der Waals surface area contributed by atoms with Crippen LogP contribution in [0.1, 0.15) is 46.2 Å². The first-order valence-corrected chi connectivity index (χ1v) is 7.72. The SMILES string of the molecule is COc1ccc(O)c(C(C)NC(C)CNC(=O)OC(C)(C)C)c1. The fourth-order valence-electron chi connectivity index (χ4n) is 2.13. The zero-order chi connectivity index (χ0) is 17.6. The van der Waals surface area contributed by atoms with E-state index in [-0.39, 0.29) is 17.8 Å². The summed E-state index contributed by atoms with van der Waals surface area (Å²) in [5.74, 6) is 0.893. The van der Waals surface area contributed by atoms with Crippen molar-refractivity contribution in [3.8, 4) is 11.5 Å². The van der Waals surface area contributed by atoms with Crippen molar-refractivity contribution in [3.63, 3.8) is 0 Å². The van der Waals surface area contributed by atoms with Gasteiger partial charge in [0.25, 0.3) is 0 Å². The van der Waals surface area contributed by atoms with Crippen molar-refractivity contribution in [1.82, 2.24) is 10.6 Å². The molecule has 2 atom stereocenters. The fraction of sp³-hybridized carbons (Fsp3) is 0.588. The van der Waals surface area contributed by atoms with Crippen molar-refractivity contribution in [3.05, 3.63) is 23.8 Å². The van der Waals surface area contributed by atoms with Gasteiger partial charge in [0.15, 0.2) is 0 Å². The summed E-state index contributed by atoms with van der Waals surface area (Å²) in [6, 6.07) is 5.01. The number of ether oxygens (including phenoxy) is 2. The molecule has 23 heavy (non-hydrogen) atoms. The van der Waals surface area contributed by atoms with Gasteiger partial charge in [-0.05, 0) is 52.8 Å². The van der Waals surface area contributed by atoms with Crippen LogP contribution in [0.15, 0.2) is 18.2 Å². The van der Waals surface area contributed by atoms with E-state index in [1.807, 2.05) is 34.6 Å². The van der Waals surface area contributed by atoms with Crippen LogP contribution in [0.2, 0.25) is 0 Å². The number of amides is 1. The first-order valence-electron chi connectivity index (χ1n) is 7.72. The number of rotatable bonds is 6. The number of phenolic OH excluding ortho intramolecular Hbond substituents is 1. The van der Waals surface area contributed by atoms with E-state index in [9.17, 15) is 9.90 Å². The molecular weight excluding hydrogens is 296 g/mol. The molecule has 0 spiro atoms. The van der Waals surface area contributed by atoms with Gasteiger partial charge in [-0.3, -0.25) is 0 Å². The van der Waals surface area contributed by atoms with E-state index >= 15 is 0 Å². The summed E-state index contributed by atoms with van der Waals surface area (Å²) in [5.41, 5.74) is 0.230. The Bertz CT molecular complexity index is 526. The van der Waals surface area contributed by atoms with Crippen molar-refractivity contribution in [1.29, 1.82) is 0 Å². The van der Waals surface area contributed by atoms with Crippen molar-refractivity contribution < 1.29 is 19.4 Å². The van der Waals surface area contributed by atoms with Gasteiger partial charge in [-0.25, -0.2) is 4.79 Å². The zero-order valence-electron chi connectivity index (χ0n) is 14.8. The van der Waals surface area contributed by atoms with E-state index in [1.165, 1.54) is 0 Å². The van der Waals surface area contributed by atoms with Gasteiger partial charge >= 0.3 is 6.09 Å². The molecule has 0 fully saturated rings. The second kappa shape index (κ2) is 8.06. The number of hydrogen-bond donors (Lipinski definition) is 3. The van der Waals surface area contributed by atoms with E-state index in [1.54, 1.807) is 25.3 Å². The number of carbonyl (C=O) groups is 1. The Balaban J connectivity index is 2.54. The van der Waals surface area contributed by atoms with Crippen molar-refractivity contribution >= 4 is 6.09 Å². The van der Waals surface area contributed by atoms with E-state index in [4.69, 9.17) is 9.47 Å². The highest BCUT2D eigenvalue weighted by atomic mass is 16.6. The lowest BCUT2D eigenvalue weighted by molar-refractivity contribution is 0.0522. The second-order valence-corrected chi connectivity index (χ2v) is 6.60. The molecule has 0 aliphatic rings. The molecule has 1 aromatic rings. The van der Waals surface area contributed by atoms with Crippen LogP contribution in [-0.2, 0) is 4.74 Å². The van der Waals surface area contributed by atoms with Crippen molar-refractivity contribution in [2.45, 2.75) is 52.3 Å². The first-order chi connectivity index (χ1) is 10.6. The summed E-state index contributed by atoms with van der Waals surface area (Å²) >= 11 is 0. The smallest absolute Gasteiger partial charge is 0.407 e. The first kappa shape index (κ1) is 19.1. The molecule has 0 radical (unpaired) electrons. The Kier molecular flexibility index (Phi) is 6.69. The summed E-state index contributed by atoms with van der Waals surface area (Å²) < 4.78 is 10.4. The van der Waals surface area contributed by atoms with Crippen LogP contribution in [0, 0.1) is 0 Å². The third-order valence-electron chi connectivity index (χ3n) is 3.19. The molecule has 1 amide bonds. The van der Waals surface area contributed by atoms with E-state index in [2.05, 4.69) is 10.6 Å². The Morgan fingerprint density at radius 3 is 2.52 bits per heavy atom. The third kappa shape index (κ3) is 6.78. The van der Waals surface area contributed by atoms with Crippen LogP contribution in [-0.4, -0.2) is 36.5 Å². The Morgan fingerprint density at radius 1 is 1.30 bits per heavy atom. The maximum atomic E-state index is 11.6. The lowest BCUT2D eigenvalue weighted by Crippen LogP contribution is -2.41. The Labute approximate surface area is 138 Å². The molecule has 1 rings (SSSR count). The van der Waals surface area contributed by atoms with Gasteiger partial charge < -0.3 is 25.2 Å². The molecule has 0 saturated carbocycles. The normalized spacial score (nSPS) is 14.0. The van der Waals surface area contributed by atoms with Gasteiger partial charge in [-0.15, -0.1) is 0 Å². The highest BCUT2D eigenvalue weighted by Gasteiger charge is 2.18. The number of benzene rings is 1. The predicted molar refractivity (Wildman–Crippen MR) is 89.9 cm³/mol. The number of alkyl carbamates (subject to hydrolysis) is 1. The maximum absolute atomic E-state index is 11.6. The number of phenols is 1. The number of aromatic hydroxyl groups is 1. The molecule has 6 nitrogen and oxygen atoms in total. The average molecular weight is 324 g/mol. The number of nitrogens with one attached hydrogen (secondary N) is 2. The molecule has 0 aliphatic carbocycles. The van der Waals surface area contributed by atoms with E-state index in [0.717, 1.165) is 5.56 Å². The van der Waals surface area contributed by atoms with E-state index < -0.39 is 11.7 Å². The van der Waals surface area contributed by atoms with Crippen LogP contribution in [0.5, 0.6) is 11.5 Å². The number of methoxy groups -OCH3 is 1. The van der Waals surface area contributed by atoms with Gasteiger partial charge in [0, 0.05) is 24.2 Å². The van der Waals surface area contributed by atoms with Gasteiger partial charge in [0.2, 0.25) is 0 Å². The van der Waals surface area contributed by atoms with Crippen molar-refractivity contribution in [2.75, 3.05) is 13.7 Å². The van der Waals surface area contributed by atoms with Crippen molar-refractivity contribution in [2.24, 2.45) is 0 Å². The summed E-state index contributed by atoms with van der Waals surface area (Å²) in [7, 11) is 1.58. The van der Waals surface area contributed by atoms with Gasteiger partial charge in [0.05, 0.1) is 7.11 Å². The third-order valence-corrected chi connectivity index (χ3v) is 3.19. The van der Waals surface area contributed by atoms with Crippen LogP contribution in [0.3, 0.4) is 0 Å². The average Bonchev–Trinajstić information content (AvgIpc) is 2.43. The van der Waals surface area contributed by atoms with Crippen LogP contribution >= 0.6 is 0 Å². The minimum Gasteiger partial charge on any atom is -0.508 e. The number of hydrogen-bond acceptors (Lipinski definition) is 5. The fourth-order valence-corrected chi connectivity index (χ4v) is 2.13. The molecule has 2 unspecified atom stereocenters. The maximum Gasteiger partial charge on any atom is 0.407 e. The molecule has 0 aliphatic heterocycles. The standard InChI is InChI=1S/C17H28N2O4/c1-11(10-18-16(21)23-17(3,4)5)19-12(2)14-9-13(22-6)7-8-15(14)20/h7-9,11-12,19-20H,10H2,1-6H3,(H,18,21). The van der Waals surface area contributed by atoms with Gasteiger partial charge in [0.1, 0.15) is 17.1 Å². The second-order valence-electron chi connectivity index (χ2n) is 6.60. The molecule has 130 valence electrons. The molecule has 0 heterocycles. The molecule has 0 saturated heterocycles. The van der Waals surface area contributed by atoms with Gasteiger partial charge in [-0.1, -0.05) is 0 Å². The lowest BCUT2D eigenvalue weighted by Gasteiger charge is -2.23. The molecule has 1 aromatic carbocycles. The van der Waals surface area contributed by atoms with Crippen LogP contribution in [0.4, 0.5) is 4.79 Å². The predicted octanol–water partition coefficient (Wildman–Crippen LogP) is 2.96. The van der Waals surface area contributed by atoms with Crippen LogP contribution < -0.4 is 15.4 Å². The topological polar surface area (TPSA) is 79.8 Å². The molecule has 0 bridgehead atoms. The molecular formula is C17H28N2O4. The Morgan fingerprint density at radius 2 is 1.96 bits per heavy atom. The summed E-state index contributed by atoms with van der Waals surface area (Å²) in [6.07, 6.45) is -0.442. The Hall–Kier alpha value is -1.95. The zero-order valence-corrected chi connectivity index (χ0v) is 14.8. The minimum absolute atomic E-state index is 0.00289. The highest BCUT2D eigenvalue weighted by Crippen LogP contribution is 2.28. The summed E-state index contributed by atoms with van der Waals surface area (Å²) in [4.78, 5) is 11.6. The largest absolute Gasteiger partial charge is 0.508 e. The minimum atomic E-state index is -0.513.